The molecule has 0 radical (unpaired) electrons. The van der Waals surface area contributed by atoms with E-state index in [0.717, 1.165) is 17.3 Å². The first-order chi connectivity index (χ1) is 8.36. The molecule has 2 aromatic rings. The van der Waals surface area contributed by atoms with E-state index in [1.54, 1.807) is 6.20 Å². The van der Waals surface area contributed by atoms with Crippen LogP contribution in [0.4, 0.5) is 0 Å². The molecule has 4 heteroatoms. The average Bonchev–Trinajstić information content (AvgIpc) is 2.39. The fourth-order valence-corrected chi connectivity index (χ4v) is 1.61. The summed E-state index contributed by atoms with van der Waals surface area (Å²) in [6.45, 7) is 1.09. The van der Waals surface area contributed by atoms with Crippen LogP contribution in [0, 0.1) is 11.3 Å². The Balaban J connectivity index is 2.45. The predicted octanol–water partition coefficient (Wildman–Crippen LogP) is 1.83. The van der Waals surface area contributed by atoms with Crippen LogP contribution < -0.4 is 10.5 Å². The Morgan fingerprint density at radius 3 is 2.94 bits per heavy atom. The first kappa shape index (κ1) is 11.4. The van der Waals surface area contributed by atoms with E-state index in [0.29, 0.717) is 24.5 Å². The molecule has 0 bridgehead atoms. The van der Waals surface area contributed by atoms with Crippen LogP contribution in [-0.2, 0) is 0 Å². The van der Waals surface area contributed by atoms with Gasteiger partial charge >= 0.3 is 0 Å². The van der Waals surface area contributed by atoms with Crippen LogP contribution in [0.2, 0.25) is 0 Å². The number of benzene rings is 1. The number of hydrogen-bond acceptors (Lipinski definition) is 4. The van der Waals surface area contributed by atoms with Gasteiger partial charge in [-0.3, -0.25) is 4.98 Å². The number of nitrogens with two attached hydrogens (primary N) is 1. The van der Waals surface area contributed by atoms with Gasteiger partial charge in [0.1, 0.15) is 17.4 Å². The zero-order valence-electron chi connectivity index (χ0n) is 9.39. The first-order valence-corrected chi connectivity index (χ1v) is 5.47. The molecule has 1 aromatic heterocycles. The monoisotopic (exact) mass is 227 g/mol. The number of nitrogens with zero attached hydrogens (tertiary/aromatic N) is 2. The molecule has 4 nitrogen and oxygen atoms in total. The quantitative estimate of drug-likeness (QED) is 0.809. The predicted molar refractivity (Wildman–Crippen MR) is 65.6 cm³/mol. The second-order valence-electron chi connectivity index (χ2n) is 3.62. The van der Waals surface area contributed by atoms with Crippen LogP contribution >= 0.6 is 0 Å². The molecule has 2 rings (SSSR count). The summed E-state index contributed by atoms with van der Waals surface area (Å²) in [4.78, 5) is 4.21. The molecule has 0 atom stereocenters. The van der Waals surface area contributed by atoms with E-state index in [1.165, 1.54) is 0 Å². The van der Waals surface area contributed by atoms with Crippen LogP contribution in [0.1, 0.15) is 12.0 Å². The number of para-hydroxylation sites is 1. The van der Waals surface area contributed by atoms with Crippen molar-refractivity contribution in [3.63, 3.8) is 0 Å². The van der Waals surface area contributed by atoms with Gasteiger partial charge in [-0.2, -0.15) is 5.26 Å². The van der Waals surface area contributed by atoms with Crippen LogP contribution in [0.25, 0.3) is 10.9 Å². The minimum atomic E-state index is 0.459. The van der Waals surface area contributed by atoms with Crippen molar-refractivity contribution >= 4 is 10.9 Å². The minimum Gasteiger partial charge on any atom is -0.491 e. The number of hydrogen-bond donors (Lipinski definition) is 1. The van der Waals surface area contributed by atoms with E-state index in [9.17, 15) is 0 Å². The third-order valence-electron chi connectivity index (χ3n) is 2.44. The van der Waals surface area contributed by atoms with Crippen molar-refractivity contribution in [3.05, 3.63) is 36.0 Å². The summed E-state index contributed by atoms with van der Waals surface area (Å²) in [6, 6.07) is 9.71. The third kappa shape index (κ3) is 2.35. The SMILES string of the molecule is N#Cc1cnc2ccccc2c1OCCCN. The Kier molecular flexibility index (Phi) is 3.53. The summed E-state index contributed by atoms with van der Waals surface area (Å²) < 4.78 is 5.64. The van der Waals surface area contributed by atoms with Gasteiger partial charge in [-0.05, 0) is 25.1 Å². The summed E-state index contributed by atoms with van der Waals surface area (Å²) in [5.74, 6) is 0.603. The summed E-state index contributed by atoms with van der Waals surface area (Å²) in [5.41, 5.74) is 6.71. The van der Waals surface area contributed by atoms with Gasteiger partial charge in [0.25, 0.3) is 0 Å². The van der Waals surface area contributed by atoms with Crippen molar-refractivity contribution in [2.75, 3.05) is 13.2 Å². The summed E-state index contributed by atoms with van der Waals surface area (Å²) in [5, 5.41) is 9.90. The Labute approximate surface area is 99.6 Å². The second-order valence-corrected chi connectivity index (χ2v) is 3.62. The maximum Gasteiger partial charge on any atom is 0.148 e. The number of rotatable bonds is 4. The van der Waals surface area contributed by atoms with Crippen LogP contribution in [0.15, 0.2) is 30.5 Å². The zero-order valence-corrected chi connectivity index (χ0v) is 9.39. The fourth-order valence-electron chi connectivity index (χ4n) is 1.61. The Morgan fingerprint density at radius 1 is 1.35 bits per heavy atom. The first-order valence-electron chi connectivity index (χ1n) is 5.47. The smallest absolute Gasteiger partial charge is 0.148 e. The van der Waals surface area contributed by atoms with Gasteiger partial charge in [0.15, 0.2) is 0 Å². The molecule has 0 saturated heterocycles. The molecular weight excluding hydrogens is 214 g/mol. The lowest BCUT2D eigenvalue weighted by Crippen LogP contribution is -2.07. The lowest BCUT2D eigenvalue weighted by Gasteiger charge is -2.09. The van der Waals surface area contributed by atoms with Crippen molar-refractivity contribution in [1.82, 2.24) is 4.98 Å². The maximum absolute atomic E-state index is 9.04. The van der Waals surface area contributed by atoms with Gasteiger partial charge in [-0.15, -0.1) is 0 Å². The molecule has 1 heterocycles. The second kappa shape index (κ2) is 5.28. The molecule has 0 spiro atoms. The summed E-state index contributed by atoms with van der Waals surface area (Å²) in [7, 11) is 0. The Hall–Kier alpha value is -2.12. The van der Waals surface area contributed by atoms with Crippen molar-refractivity contribution < 1.29 is 4.74 Å². The van der Waals surface area contributed by atoms with E-state index in [2.05, 4.69) is 11.1 Å². The highest BCUT2D eigenvalue weighted by atomic mass is 16.5. The standard InChI is InChI=1S/C13H13N3O/c14-6-3-7-17-13-10(8-15)9-16-12-5-2-1-4-11(12)13/h1-2,4-5,9H,3,6-7,14H2. The number of aromatic nitrogens is 1. The molecule has 0 aliphatic carbocycles. The molecule has 0 saturated carbocycles. The largest absolute Gasteiger partial charge is 0.491 e. The molecule has 0 unspecified atom stereocenters. The summed E-state index contributed by atoms with van der Waals surface area (Å²) >= 11 is 0. The maximum atomic E-state index is 9.04. The molecule has 0 aliphatic rings. The van der Waals surface area contributed by atoms with E-state index in [4.69, 9.17) is 15.7 Å². The lowest BCUT2D eigenvalue weighted by molar-refractivity contribution is 0.316. The molecule has 86 valence electrons. The molecule has 17 heavy (non-hydrogen) atoms. The third-order valence-corrected chi connectivity index (χ3v) is 2.44. The van der Waals surface area contributed by atoms with E-state index < -0.39 is 0 Å². The van der Waals surface area contributed by atoms with Crippen LogP contribution in [0.5, 0.6) is 5.75 Å². The van der Waals surface area contributed by atoms with E-state index in [1.807, 2.05) is 24.3 Å². The van der Waals surface area contributed by atoms with E-state index >= 15 is 0 Å². The van der Waals surface area contributed by atoms with Gasteiger partial charge in [-0.1, -0.05) is 12.1 Å². The number of nitriles is 1. The summed E-state index contributed by atoms with van der Waals surface area (Å²) in [6.07, 6.45) is 2.31. The van der Waals surface area contributed by atoms with Crippen LogP contribution in [-0.4, -0.2) is 18.1 Å². The highest BCUT2D eigenvalue weighted by Gasteiger charge is 2.09. The van der Waals surface area contributed by atoms with Crippen molar-refractivity contribution in [1.29, 1.82) is 5.26 Å². The zero-order chi connectivity index (χ0) is 12.1. The highest BCUT2D eigenvalue weighted by Crippen LogP contribution is 2.27. The van der Waals surface area contributed by atoms with Crippen molar-refractivity contribution in [3.8, 4) is 11.8 Å². The molecule has 0 aliphatic heterocycles. The number of ether oxygens (including phenoxy) is 1. The molecular formula is C13H13N3O. The fraction of sp³-hybridized carbons (Fsp3) is 0.231. The average molecular weight is 227 g/mol. The number of fused-ring (bicyclic) bond motifs is 1. The Morgan fingerprint density at radius 2 is 2.18 bits per heavy atom. The molecule has 1 aromatic carbocycles. The van der Waals surface area contributed by atoms with E-state index in [-0.39, 0.29) is 0 Å². The molecule has 2 N–H and O–H groups in total. The normalized spacial score (nSPS) is 10.1. The highest BCUT2D eigenvalue weighted by molar-refractivity contribution is 5.86. The van der Waals surface area contributed by atoms with Gasteiger partial charge in [0, 0.05) is 11.6 Å². The molecule has 0 amide bonds. The van der Waals surface area contributed by atoms with Gasteiger partial charge in [-0.25, -0.2) is 0 Å². The van der Waals surface area contributed by atoms with Crippen molar-refractivity contribution in [2.45, 2.75) is 6.42 Å². The lowest BCUT2D eigenvalue weighted by atomic mass is 10.1. The minimum absolute atomic E-state index is 0.459. The van der Waals surface area contributed by atoms with Gasteiger partial charge < -0.3 is 10.5 Å². The number of pyridine rings is 1. The van der Waals surface area contributed by atoms with Crippen LogP contribution in [0.3, 0.4) is 0 Å². The van der Waals surface area contributed by atoms with Gasteiger partial charge in [0.05, 0.1) is 12.1 Å². The molecule has 0 fully saturated rings. The van der Waals surface area contributed by atoms with Crippen molar-refractivity contribution in [2.24, 2.45) is 5.73 Å². The van der Waals surface area contributed by atoms with Gasteiger partial charge in [0.2, 0.25) is 0 Å². The Bertz CT molecular complexity index is 560. The topological polar surface area (TPSA) is 71.9 Å².